The Balaban J connectivity index is 1.24. The number of hydrogen-bond acceptors (Lipinski definition) is 7. The summed E-state index contributed by atoms with van der Waals surface area (Å²) in [4.78, 5) is 29.5. The summed E-state index contributed by atoms with van der Waals surface area (Å²) in [5, 5.41) is 5.01. The summed E-state index contributed by atoms with van der Waals surface area (Å²) < 4.78 is 33.1. The lowest BCUT2D eigenvalue weighted by Crippen LogP contribution is -2.49. The first kappa shape index (κ1) is 35.0. The molecule has 266 valence electrons. The summed E-state index contributed by atoms with van der Waals surface area (Å²) in [6, 6.07) is 11.7. The number of methoxy groups -OCH3 is 1. The number of benzene rings is 2. The molecule has 4 aliphatic rings. The number of allylic oxidation sites excluding steroid dienone is 1. The van der Waals surface area contributed by atoms with Crippen LogP contribution in [-0.4, -0.2) is 70.1 Å². The third-order valence-corrected chi connectivity index (χ3v) is 13.5. The quantitative estimate of drug-likeness (QED) is 0.254. The first-order valence-electron chi connectivity index (χ1n) is 17.9. The number of fused-ring (bicyclic) bond motifs is 4. The molecule has 11 heteroatoms. The SMILES string of the molecule is CO[C@H]1/C=C/CCC[S@@](=O)(CC(=O)CCn2cc(C)cn2)=NC(=O)c2ccc3c(c2)N(C[C@@H]2CC[C@H]21)C[C@@]1(CCCc2cc(Cl)ccc21)CO3. The van der Waals surface area contributed by atoms with Gasteiger partial charge in [-0.05, 0) is 111 Å². The van der Waals surface area contributed by atoms with Crippen LogP contribution in [0.3, 0.4) is 0 Å². The molecule has 1 saturated carbocycles. The monoisotopic (exact) mass is 718 g/mol. The molecule has 1 fully saturated rings. The van der Waals surface area contributed by atoms with E-state index < -0.39 is 15.6 Å². The summed E-state index contributed by atoms with van der Waals surface area (Å²) in [5.74, 6) is 0.641. The molecule has 0 unspecified atom stereocenters. The van der Waals surface area contributed by atoms with Crippen LogP contribution in [0, 0.1) is 18.8 Å². The topological polar surface area (TPSA) is 103 Å². The highest BCUT2D eigenvalue weighted by molar-refractivity contribution is 7.94. The van der Waals surface area contributed by atoms with Gasteiger partial charge < -0.3 is 14.4 Å². The van der Waals surface area contributed by atoms with Gasteiger partial charge in [0, 0.05) is 61.1 Å². The van der Waals surface area contributed by atoms with E-state index in [2.05, 4.69) is 38.6 Å². The number of anilines is 1. The molecule has 9 nitrogen and oxygen atoms in total. The molecule has 0 saturated heterocycles. The molecule has 2 aliphatic carbocycles. The first-order valence-corrected chi connectivity index (χ1v) is 20.1. The van der Waals surface area contributed by atoms with Crippen LogP contribution in [0.25, 0.3) is 0 Å². The Labute approximate surface area is 300 Å². The van der Waals surface area contributed by atoms with E-state index >= 15 is 0 Å². The lowest BCUT2D eigenvalue weighted by molar-refractivity contribution is -0.116. The summed E-state index contributed by atoms with van der Waals surface area (Å²) in [7, 11) is -1.39. The van der Waals surface area contributed by atoms with E-state index in [1.54, 1.807) is 24.1 Å². The molecular weight excluding hydrogens is 672 g/mol. The maximum absolute atomic E-state index is 14.3. The fourth-order valence-electron chi connectivity index (χ4n) is 8.34. The molecule has 3 heterocycles. The maximum Gasteiger partial charge on any atom is 0.285 e. The Morgan fingerprint density at radius 3 is 2.84 bits per heavy atom. The minimum atomic E-state index is -3.17. The van der Waals surface area contributed by atoms with Gasteiger partial charge in [0.15, 0.2) is 0 Å². The van der Waals surface area contributed by atoms with Crippen molar-refractivity contribution in [2.45, 2.75) is 76.4 Å². The lowest BCUT2D eigenvalue weighted by Gasteiger charge is -2.46. The van der Waals surface area contributed by atoms with E-state index in [0.717, 1.165) is 67.2 Å². The molecule has 1 amide bonds. The van der Waals surface area contributed by atoms with Crippen molar-refractivity contribution in [3.63, 3.8) is 0 Å². The first-order chi connectivity index (χ1) is 24.1. The van der Waals surface area contributed by atoms with Gasteiger partial charge in [0.25, 0.3) is 5.91 Å². The van der Waals surface area contributed by atoms with Crippen LogP contribution in [0.5, 0.6) is 5.75 Å². The number of aryl methyl sites for hydroxylation is 3. The van der Waals surface area contributed by atoms with Gasteiger partial charge >= 0.3 is 0 Å². The van der Waals surface area contributed by atoms with Crippen LogP contribution in [0.2, 0.25) is 5.02 Å². The summed E-state index contributed by atoms with van der Waals surface area (Å²) in [6.07, 6.45) is 14.4. The van der Waals surface area contributed by atoms with Gasteiger partial charge in [-0.3, -0.25) is 14.3 Å². The maximum atomic E-state index is 14.3. The molecule has 0 N–H and O–H groups in total. The molecule has 7 rings (SSSR count). The zero-order valence-corrected chi connectivity index (χ0v) is 30.6. The largest absolute Gasteiger partial charge is 0.490 e. The smallest absolute Gasteiger partial charge is 0.285 e. The molecule has 0 radical (unpaired) electrons. The minimum absolute atomic E-state index is 0.0228. The van der Waals surface area contributed by atoms with Crippen LogP contribution in [0.15, 0.2) is 65.3 Å². The van der Waals surface area contributed by atoms with E-state index in [4.69, 9.17) is 21.1 Å². The van der Waals surface area contributed by atoms with E-state index in [1.807, 2.05) is 31.3 Å². The average Bonchev–Trinajstić information content (AvgIpc) is 3.44. The Kier molecular flexibility index (Phi) is 10.2. The van der Waals surface area contributed by atoms with Crippen molar-refractivity contribution in [3.05, 3.63) is 88.2 Å². The number of hydrogen-bond donors (Lipinski definition) is 0. The van der Waals surface area contributed by atoms with Crippen LogP contribution < -0.4 is 9.64 Å². The molecule has 5 atom stereocenters. The van der Waals surface area contributed by atoms with Crippen molar-refractivity contribution in [1.29, 1.82) is 0 Å². The zero-order chi connectivity index (χ0) is 34.9. The van der Waals surface area contributed by atoms with Crippen LogP contribution in [0.1, 0.15) is 72.0 Å². The van der Waals surface area contributed by atoms with E-state index in [1.165, 1.54) is 11.1 Å². The fourth-order valence-corrected chi connectivity index (χ4v) is 10.5. The Morgan fingerprint density at radius 2 is 2.06 bits per heavy atom. The highest BCUT2D eigenvalue weighted by atomic mass is 35.5. The van der Waals surface area contributed by atoms with Gasteiger partial charge in [-0.25, -0.2) is 4.21 Å². The molecule has 1 aromatic heterocycles. The summed E-state index contributed by atoms with van der Waals surface area (Å²) in [6.45, 7) is 4.39. The number of halogens is 1. The van der Waals surface area contributed by atoms with Gasteiger partial charge in [0.2, 0.25) is 0 Å². The number of nitrogens with zero attached hydrogens (tertiary/aromatic N) is 4. The number of aromatic nitrogens is 2. The molecule has 1 spiro atoms. The Bertz CT molecular complexity index is 1920. The highest BCUT2D eigenvalue weighted by Gasteiger charge is 2.44. The number of carbonyl (C=O) groups is 2. The van der Waals surface area contributed by atoms with Crippen molar-refractivity contribution in [2.75, 3.05) is 43.2 Å². The number of carbonyl (C=O) groups excluding carboxylic acids is 2. The van der Waals surface area contributed by atoms with Crippen LogP contribution in [-0.2, 0) is 37.6 Å². The second-order valence-corrected chi connectivity index (χ2v) is 17.5. The predicted molar refractivity (Wildman–Crippen MR) is 197 cm³/mol. The molecule has 2 bridgehead atoms. The number of ether oxygens (including phenoxy) is 2. The van der Waals surface area contributed by atoms with Gasteiger partial charge in [-0.1, -0.05) is 29.8 Å². The van der Waals surface area contributed by atoms with E-state index in [0.29, 0.717) is 43.4 Å². The van der Waals surface area contributed by atoms with Crippen molar-refractivity contribution in [2.24, 2.45) is 16.2 Å². The van der Waals surface area contributed by atoms with Crippen molar-refractivity contribution < 1.29 is 23.3 Å². The van der Waals surface area contributed by atoms with E-state index in [9.17, 15) is 13.8 Å². The third kappa shape index (κ3) is 7.44. The highest BCUT2D eigenvalue weighted by Crippen LogP contribution is 2.47. The number of amides is 1. The van der Waals surface area contributed by atoms with Crippen LogP contribution in [0.4, 0.5) is 5.69 Å². The Hall–Kier alpha value is -3.47. The molecule has 2 aromatic carbocycles. The average molecular weight is 719 g/mol. The predicted octanol–water partition coefficient (Wildman–Crippen LogP) is 6.98. The molecular formula is C39H47ClN4O5S. The molecule has 2 aliphatic heterocycles. The van der Waals surface area contributed by atoms with Crippen molar-refractivity contribution in [1.82, 2.24) is 9.78 Å². The summed E-state index contributed by atoms with van der Waals surface area (Å²) >= 11 is 6.45. The second kappa shape index (κ2) is 14.6. The standard InChI is InChI=1S/C39H47ClN4O5S/c1-27-21-41-44(22-27)17-15-32(45)24-50(47)18-5-3-4-8-36(48-2)33-12-9-30(33)23-43-25-39(16-6-7-28-19-31(40)11-13-34(28)39)26-49-37-14-10-29(20-35(37)43)38(46)42-50/h4,8,10-11,13-14,19-22,30,33,36H,3,5-7,9,12,15-18,23-26H2,1-2H3/b8-4+/t30-,33+,36-,39-,50+/m0/s1. The minimum Gasteiger partial charge on any atom is -0.490 e. The number of Topliss-reactive ketones (excluding diaryl/α,β-unsaturated/α-hetero) is 1. The normalized spacial score (nSPS) is 28.7. The van der Waals surface area contributed by atoms with Crippen LogP contribution >= 0.6 is 11.6 Å². The van der Waals surface area contributed by atoms with Gasteiger partial charge in [-0.2, -0.15) is 9.46 Å². The lowest BCUT2D eigenvalue weighted by atomic mass is 9.68. The number of rotatable bonds is 6. The third-order valence-electron chi connectivity index (χ3n) is 11.1. The molecule has 50 heavy (non-hydrogen) atoms. The second-order valence-electron chi connectivity index (χ2n) is 14.6. The van der Waals surface area contributed by atoms with Gasteiger partial charge in [-0.15, -0.1) is 0 Å². The van der Waals surface area contributed by atoms with Gasteiger partial charge in [0.1, 0.15) is 11.5 Å². The number of ketones is 1. The van der Waals surface area contributed by atoms with Crippen molar-refractivity contribution >= 4 is 38.7 Å². The van der Waals surface area contributed by atoms with Gasteiger partial charge in [0.05, 0.1) is 40.1 Å². The zero-order valence-electron chi connectivity index (χ0n) is 29.0. The Morgan fingerprint density at radius 1 is 1.18 bits per heavy atom. The van der Waals surface area contributed by atoms with E-state index in [-0.39, 0.29) is 35.2 Å². The molecule has 3 aromatic rings. The fraction of sp³-hybridized carbons (Fsp3) is 0.513. The summed E-state index contributed by atoms with van der Waals surface area (Å²) in [5.41, 5.74) is 4.53. The van der Waals surface area contributed by atoms with Crippen molar-refractivity contribution in [3.8, 4) is 5.75 Å².